The Hall–Kier alpha value is -2.27. The zero-order valence-corrected chi connectivity index (χ0v) is 14.7. The highest BCUT2D eigenvalue weighted by atomic mass is 32.1. The van der Waals surface area contributed by atoms with Gasteiger partial charge in [-0.1, -0.05) is 32.0 Å². The van der Waals surface area contributed by atoms with Gasteiger partial charge in [-0.05, 0) is 30.4 Å². The van der Waals surface area contributed by atoms with Crippen LogP contribution in [0.4, 0.5) is 0 Å². The van der Waals surface area contributed by atoms with Gasteiger partial charge in [-0.25, -0.2) is 4.79 Å². The van der Waals surface area contributed by atoms with Crippen LogP contribution in [0, 0.1) is 0 Å². The molecule has 0 spiro atoms. The second-order valence-electron chi connectivity index (χ2n) is 5.40. The Bertz CT molecular complexity index is 865. The second-order valence-corrected chi connectivity index (χ2v) is 6.35. The Labute approximate surface area is 144 Å². The first-order valence-electron chi connectivity index (χ1n) is 8.15. The van der Waals surface area contributed by atoms with Gasteiger partial charge in [0, 0.05) is 10.4 Å². The quantitative estimate of drug-likeness (QED) is 0.560. The maximum absolute atomic E-state index is 12.4. The van der Waals surface area contributed by atoms with Gasteiger partial charge < -0.3 is 13.9 Å². The topological polar surface area (TPSA) is 48.7 Å². The van der Waals surface area contributed by atoms with Crippen molar-refractivity contribution in [1.82, 2.24) is 0 Å². The summed E-state index contributed by atoms with van der Waals surface area (Å²) in [4.78, 5) is 13.4. The molecule has 0 aliphatic rings. The lowest BCUT2D eigenvalue weighted by molar-refractivity contribution is 0.259. The van der Waals surface area contributed by atoms with Crippen LogP contribution in [-0.4, -0.2) is 13.2 Å². The van der Waals surface area contributed by atoms with Gasteiger partial charge in [0.1, 0.15) is 5.58 Å². The molecule has 2 heterocycles. The van der Waals surface area contributed by atoms with Crippen LogP contribution in [-0.2, 0) is 0 Å². The van der Waals surface area contributed by atoms with Gasteiger partial charge in [0.15, 0.2) is 5.75 Å². The van der Waals surface area contributed by atoms with Crippen molar-refractivity contribution in [3.63, 3.8) is 0 Å². The molecule has 0 radical (unpaired) electrons. The first kappa shape index (κ1) is 16.6. The zero-order chi connectivity index (χ0) is 16.9. The number of fused-ring (bicyclic) bond motifs is 1. The average molecular weight is 344 g/mol. The molecule has 3 aromatic rings. The van der Waals surface area contributed by atoms with Crippen LogP contribution in [0.3, 0.4) is 0 Å². The van der Waals surface area contributed by atoms with Crippen molar-refractivity contribution in [2.75, 3.05) is 13.2 Å². The molecule has 4 nitrogen and oxygen atoms in total. The van der Waals surface area contributed by atoms with Crippen molar-refractivity contribution in [2.24, 2.45) is 0 Å². The van der Waals surface area contributed by atoms with E-state index in [1.165, 1.54) is 0 Å². The van der Waals surface area contributed by atoms with Crippen molar-refractivity contribution in [2.45, 2.75) is 26.7 Å². The average Bonchev–Trinajstić information content (AvgIpc) is 3.12. The number of thiophene rings is 1. The number of hydrogen-bond acceptors (Lipinski definition) is 5. The minimum Gasteiger partial charge on any atom is -0.489 e. The minimum atomic E-state index is -0.495. The van der Waals surface area contributed by atoms with Crippen LogP contribution >= 0.6 is 11.3 Å². The third-order valence-corrected chi connectivity index (χ3v) is 4.44. The minimum absolute atomic E-state index is 0.168. The summed E-state index contributed by atoms with van der Waals surface area (Å²) < 4.78 is 17.1. The monoisotopic (exact) mass is 344 g/mol. The largest absolute Gasteiger partial charge is 0.489 e. The van der Waals surface area contributed by atoms with Gasteiger partial charge in [-0.3, -0.25) is 0 Å². The molecule has 1 aromatic carbocycles. The normalized spacial score (nSPS) is 10.9. The molecule has 0 fully saturated rings. The van der Waals surface area contributed by atoms with Gasteiger partial charge in [0.2, 0.25) is 5.75 Å². The molecule has 0 amide bonds. The summed E-state index contributed by atoms with van der Waals surface area (Å²) in [6.45, 7) is 4.98. The van der Waals surface area contributed by atoms with Crippen molar-refractivity contribution in [1.29, 1.82) is 0 Å². The van der Waals surface area contributed by atoms with Gasteiger partial charge in [0.05, 0.1) is 18.6 Å². The molecule has 5 heteroatoms. The lowest BCUT2D eigenvalue weighted by atomic mass is 10.1. The number of rotatable bonds is 7. The molecule has 0 aliphatic heterocycles. The lowest BCUT2D eigenvalue weighted by Crippen LogP contribution is -2.11. The predicted molar refractivity (Wildman–Crippen MR) is 97.4 cm³/mol. The van der Waals surface area contributed by atoms with Gasteiger partial charge >= 0.3 is 5.63 Å². The lowest BCUT2D eigenvalue weighted by Gasteiger charge is -2.15. The SMILES string of the molecule is CCCOc1c(OCCC)c2c(-c3cccs3)cccc2oc1=O. The third-order valence-electron chi connectivity index (χ3n) is 3.54. The summed E-state index contributed by atoms with van der Waals surface area (Å²) in [5.41, 5.74) is 1.00. The fourth-order valence-electron chi connectivity index (χ4n) is 2.51. The van der Waals surface area contributed by atoms with E-state index in [1.807, 2.05) is 43.5 Å². The van der Waals surface area contributed by atoms with Crippen molar-refractivity contribution in [3.05, 3.63) is 46.1 Å². The van der Waals surface area contributed by atoms with E-state index in [4.69, 9.17) is 13.9 Å². The first-order chi connectivity index (χ1) is 11.8. The fraction of sp³-hybridized carbons (Fsp3) is 0.316. The van der Waals surface area contributed by atoms with Crippen LogP contribution in [0.5, 0.6) is 11.5 Å². The van der Waals surface area contributed by atoms with Crippen LogP contribution < -0.4 is 15.1 Å². The standard InChI is InChI=1S/C19H20O4S/c1-3-10-21-17-16-13(15-9-6-12-24-15)7-5-8-14(16)23-19(20)18(17)22-11-4-2/h5-9,12H,3-4,10-11H2,1-2H3. The van der Waals surface area contributed by atoms with E-state index < -0.39 is 5.63 Å². The molecule has 2 aromatic heterocycles. The first-order valence-corrected chi connectivity index (χ1v) is 9.03. The zero-order valence-electron chi connectivity index (χ0n) is 13.8. The maximum Gasteiger partial charge on any atom is 0.383 e. The van der Waals surface area contributed by atoms with E-state index >= 15 is 0 Å². The molecule has 0 atom stereocenters. The molecular formula is C19H20O4S. The summed E-state index contributed by atoms with van der Waals surface area (Å²) in [7, 11) is 0. The Morgan fingerprint density at radius 3 is 2.42 bits per heavy atom. The van der Waals surface area contributed by atoms with E-state index in [0.717, 1.165) is 28.7 Å². The van der Waals surface area contributed by atoms with Crippen molar-refractivity contribution < 1.29 is 13.9 Å². The second kappa shape index (κ2) is 7.53. The molecule has 24 heavy (non-hydrogen) atoms. The molecule has 0 bridgehead atoms. The van der Waals surface area contributed by atoms with Crippen LogP contribution in [0.15, 0.2) is 44.9 Å². The highest BCUT2D eigenvalue weighted by molar-refractivity contribution is 7.13. The van der Waals surface area contributed by atoms with E-state index in [-0.39, 0.29) is 5.75 Å². The summed E-state index contributed by atoms with van der Waals surface area (Å²) in [5.74, 6) is 0.655. The van der Waals surface area contributed by atoms with Gasteiger partial charge in [-0.15, -0.1) is 11.3 Å². The molecule has 3 rings (SSSR count). The fourth-order valence-corrected chi connectivity index (χ4v) is 3.27. The number of hydrogen-bond donors (Lipinski definition) is 0. The van der Waals surface area contributed by atoms with E-state index in [9.17, 15) is 4.79 Å². The van der Waals surface area contributed by atoms with Gasteiger partial charge in [0.25, 0.3) is 0 Å². The molecule has 0 unspecified atom stereocenters. The molecular weight excluding hydrogens is 324 g/mol. The van der Waals surface area contributed by atoms with Crippen molar-refractivity contribution in [3.8, 4) is 21.9 Å². The Kier molecular flexibility index (Phi) is 5.20. The smallest absolute Gasteiger partial charge is 0.383 e. The Morgan fingerprint density at radius 1 is 1.00 bits per heavy atom. The highest BCUT2D eigenvalue weighted by Crippen LogP contribution is 2.40. The molecule has 0 saturated heterocycles. The summed E-state index contributed by atoms with van der Waals surface area (Å²) in [6, 6.07) is 9.73. The van der Waals surface area contributed by atoms with E-state index in [2.05, 4.69) is 0 Å². The van der Waals surface area contributed by atoms with Crippen molar-refractivity contribution >= 4 is 22.3 Å². The summed E-state index contributed by atoms with van der Waals surface area (Å²) in [6.07, 6.45) is 1.65. The number of benzene rings is 1. The maximum atomic E-state index is 12.4. The molecule has 0 saturated carbocycles. The van der Waals surface area contributed by atoms with Gasteiger partial charge in [-0.2, -0.15) is 0 Å². The molecule has 0 aliphatic carbocycles. The van der Waals surface area contributed by atoms with Crippen LogP contribution in [0.1, 0.15) is 26.7 Å². The highest BCUT2D eigenvalue weighted by Gasteiger charge is 2.21. The van der Waals surface area contributed by atoms with Crippen LogP contribution in [0.25, 0.3) is 21.4 Å². The summed E-state index contributed by atoms with van der Waals surface area (Å²) >= 11 is 1.64. The Balaban J connectivity index is 2.28. The number of ether oxygens (including phenoxy) is 2. The third kappa shape index (κ3) is 3.17. The van der Waals surface area contributed by atoms with Crippen LogP contribution in [0.2, 0.25) is 0 Å². The van der Waals surface area contributed by atoms with E-state index in [1.54, 1.807) is 17.4 Å². The Morgan fingerprint density at radius 2 is 1.75 bits per heavy atom. The van der Waals surface area contributed by atoms with E-state index in [0.29, 0.717) is 24.5 Å². The molecule has 0 N–H and O–H groups in total. The predicted octanol–water partition coefficient (Wildman–Crippen LogP) is 5.10. The summed E-state index contributed by atoms with van der Waals surface area (Å²) in [5, 5.41) is 2.81. The molecule has 126 valence electrons.